The van der Waals surface area contributed by atoms with Gasteiger partial charge in [-0.15, -0.1) is 24.0 Å². The highest BCUT2D eigenvalue weighted by atomic mass is 127. The second kappa shape index (κ2) is 12.6. The van der Waals surface area contributed by atoms with Gasteiger partial charge in [0.05, 0.1) is 6.54 Å². The van der Waals surface area contributed by atoms with Gasteiger partial charge < -0.3 is 20.1 Å². The Labute approximate surface area is 192 Å². The quantitative estimate of drug-likeness (QED) is 0.300. The zero-order valence-corrected chi connectivity index (χ0v) is 20.4. The number of rotatable bonds is 9. The molecule has 2 atom stereocenters. The Morgan fingerprint density at radius 2 is 2.07 bits per heavy atom. The Balaban J connectivity index is 0.00000300. The van der Waals surface area contributed by atoms with Crippen molar-refractivity contribution in [1.82, 2.24) is 15.5 Å². The molecule has 1 aromatic rings. The summed E-state index contributed by atoms with van der Waals surface area (Å²) in [7, 11) is 2.18. The first kappa shape index (κ1) is 24.2. The van der Waals surface area contributed by atoms with Crippen molar-refractivity contribution in [2.24, 2.45) is 10.9 Å². The number of ether oxygens (including phenoxy) is 2. The lowest BCUT2D eigenvalue weighted by atomic mass is 10.1. The smallest absolute Gasteiger partial charge is 0.191 e. The second-order valence-electron chi connectivity index (χ2n) is 7.98. The lowest BCUT2D eigenvalue weighted by Gasteiger charge is -2.31. The third kappa shape index (κ3) is 8.30. The van der Waals surface area contributed by atoms with Crippen LogP contribution in [0.25, 0.3) is 0 Å². The van der Waals surface area contributed by atoms with Crippen LogP contribution in [0.5, 0.6) is 5.75 Å². The third-order valence-electron chi connectivity index (χ3n) is 5.62. The van der Waals surface area contributed by atoms with Crippen LogP contribution in [0.15, 0.2) is 29.3 Å². The van der Waals surface area contributed by atoms with Crippen LogP contribution in [0, 0.1) is 5.92 Å². The molecular weight excluding hydrogens is 479 g/mol. The van der Waals surface area contributed by atoms with Crippen LogP contribution < -0.4 is 15.4 Å². The van der Waals surface area contributed by atoms with Gasteiger partial charge in [0.15, 0.2) is 5.96 Å². The minimum absolute atomic E-state index is 0. The van der Waals surface area contributed by atoms with Crippen LogP contribution in [0.4, 0.5) is 0 Å². The first-order chi connectivity index (χ1) is 13.7. The molecule has 1 saturated carbocycles. The number of aliphatic imine (C=N–C) groups is 1. The van der Waals surface area contributed by atoms with E-state index in [9.17, 15) is 0 Å². The van der Waals surface area contributed by atoms with Crippen molar-refractivity contribution in [3.63, 3.8) is 0 Å². The Kier molecular flexibility index (Phi) is 10.5. The zero-order chi connectivity index (χ0) is 19.8. The number of halogens is 1. The minimum Gasteiger partial charge on any atom is -0.492 e. The molecule has 2 unspecified atom stereocenters. The molecule has 2 N–H and O–H groups in total. The van der Waals surface area contributed by atoms with Crippen LogP contribution in [0.1, 0.15) is 38.7 Å². The first-order valence-corrected chi connectivity index (χ1v) is 10.7. The summed E-state index contributed by atoms with van der Waals surface area (Å²) in [5, 5.41) is 6.83. The highest BCUT2D eigenvalue weighted by molar-refractivity contribution is 14.0. The number of hydrogen-bond donors (Lipinski definition) is 2. The van der Waals surface area contributed by atoms with Crippen LogP contribution in [-0.4, -0.2) is 62.9 Å². The molecule has 1 aromatic carbocycles. The van der Waals surface area contributed by atoms with E-state index in [1.54, 1.807) is 0 Å². The molecule has 164 valence electrons. The number of guanidine groups is 1. The molecule has 0 aromatic heterocycles. The molecule has 0 amide bonds. The summed E-state index contributed by atoms with van der Waals surface area (Å²) in [6.07, 6.45) is 3.47. The lowest BCUT2D eigenvalue weighted by molar-refractivity contribution is 0.0392. The van der Waals surface area contributed by atoms with Gasteiger partial charge in [0.25, 0.3) is 0 Å². The average Bonchev–Trinajstić information content (AvgIpc) is 3.41. The van der Waals surface area contributed by atoms with Crippen molar-refractivity contribution in [2.45, 2.75) is 51.7 Å². The van der Waals surface area contributed by atoms with Gasteiger partial charge in [-0.25, -0.2) is 4.99 Å². The van der Waals surface area contributed by atoms with E-state index in [-0.39, 0.29) is 24.0 Å². The van der Waals surface area contributed by atoms with Gasteiger partial charge in [-0.05, 0) is 56.8 Å². The monoisotopic (exact) mass is 516 g/mol. The Morgan fingerprint density at radius 1 is 1.31 bits per heavy atom. The van der Waals surface area contributed by atoms with E-state index in [1.807, 2.05) is 12.1 Å². The number of nitrogens with one attached hydrogen (secondary N) is 2. The highest BCUT2D eigenvalue weighted by Crippen LogP contribution is 2.28. The summed E-state index contributed by atoms with van der Waals surface area (Å²) in [5.41, 5.74) is 1.16. The Hall–Kier alpha value is -1.06. The van der Waals surface area contributed by atoms with Crippen molar-refractivity contribution in [3.05, 3.63) is 29.8 Å². The van der Waals surface area contributed by atoms with Crippen LogP contribution in [0.2, 0.25) is 0 Å². The molecular formula is C22H37IN4O2. The number of hydrogen-bond acceptors (Lipinski definition) is 4. The van der Waals surface area contributed by atoms with Crippen molar-refractivity contribution >= 4 is 29.9 Å². The largest absolute Gasteiger partial charge is 0.492 e. The molecule has 3 rings (SSSR count). The summed E-state index contributed by atoms with van der Waals surface area (Å²) in [6.45, 7) is 9.27. The molecule has 6 nitrogen and oxygen atoms in total. The van der Waals surface area contributed by atoms with Gasteiger partial charge in [-0.1, -0.05) is 19.1 Å². The molecule has 0 bridgehead atoms. The molecule has 1 saturated heterocycles. The van der Waals surface area contributed by atoms with E-state index in [0.717, 1.165) is 62.3 Å². The van der Waals surface area contributed by atoms with Crippen molar-refractivity contribution in [2.75, 3.05) is 40.0 Å². The minimum atomic E-state index is 0. The lowest BCUT2D eigenvalue weighted by Crippen LogP contribution is -2.39. The molecule has 1 heterocycles. The Morgan fingerprint density at radius 3 is 2.76 bits per heavy atom. The topological polar surface area (TPSA) is 58.1 Å². The first-order valence-electron chi connectivity index (χ1n) is 10.7. The number of nitrogens with zero attached hydrogens (tertiary/aromatic N) is 2. The molecule has 2 aliphatic rings. The molecule has 7 heteroatoms. The summed E-state index contributed by atoms with van der Waals surface area (Å²) < 4.78 is 11.4. The molecule has 29 heavy (non-hydrogen) atoms. The van der Waals surface area contributed by atoms with Crippen molar-refractivity contribution in [3.8, 4) is 5.75 Å². The van der Waals surface area contributed by atoms with Crippen LogP contribution in [-0.2, 0) is 11.3 Å². The van der Waals surface area contributed by atoms with Crippen molar-refractivity contribution < 1.29 is 9.47 Å². The van der Waals surface area contributed by atoms with Crippen LogP contribution >= 0.6 is 24.0 Å². The van der Waals surface area contributed by atoms with E-state index < -0.39 is 0 Å². The molecule has 0 radical (unpaired) electrons. The van der Waals surface area contributed by atoms with Crippen molar-refractivity contribution in [1.29, 1.82) is 0 Å². The van der Waals surface area contributed by atoms with E-state index in [4.69, 9.17) is 14.5 Å². The maximum absolute atomic E-state index is 6.00. The predicted molar refractivity (Wildman–Crippen MR) is 129 cm³/mol. The maximum atomic E-state index is 6.00. The number of likely N-dealkylation sites (N-methyl/N-ethyl adjacent to an activating group) is 1. The van der Waals surface area contributed by atoms with Gasteiger partial charge in [0.2, 0.25) is 0 Å². The second-order valence-corrected chi connectivity index (χ2v) is 7.98. The van der Waals surface area contributed by atoms with Gasteiger partial charge in [-0.3, -0.25) is 4.90 Å². The summed E-state index contributed by atoms with van der Waals surface area (Å²) in [4.78, 5) is 7.12. The molecule has 1 aliphatic carbocycles. The molecule has 2 fully saturated rings. The maximum Gasteiger partial charge on any atom is 0.191 e. The van der Waals surface area contributed by atoms with E-state index >= 15 is 0 Å². The fourth-order valence-electron chi connectivity index (χ4n) is 3.54. The van der Waals surface area contributed by atoms with Gasteiger partial charge in [0, 0.05) is 38.4 Å². The molecule has 1 aliphatic heterocycles. The van der Waals surface area contributed by atoms with Gasteiger partial charge in [0.1, 0.15) is 12.4 Å². The summed E-state index contributed by atoms with van der Waals surface area (Å²) >= 11 is 0. The van der Waals surface area contributed by atoms with Gasteiger partial charge in [-0.2, -0.15) is 0 Å². The number of benzene rings is 1. The third-order valence-corrected chi connectivity index (χ3v) is 5.62. The standard InChI is InChI=1S/C22H36N4O2.HI/c1-4-23-22(25-21-14-17(21)2)24-16-18-6-5-7-20(15-18)28-13-10-26(3)19-8-11-27-12-9-19;/h5-7,15,17,19,21H,4,8-14,16H2,1-3H3,(H2,23,24,25);1H. The normalized spacial score (nSPS) is 22.1. The average molecular weight is 516 g/mol. The molecule has 0 spiro atoms. The summed E-state index contributed by atoms with van der Waals surface area (Å²) in [6, 6.07) is 9.46. The zero-order valence-electron chi connectivity index (χ0n) is 18.0. The van der Waals surface area contributed by atoms with E-state index in [1.165, 1.54) is 6.42 Å². The van der Waals surface area contributed by atoms with Crippen LogP contribution in [0.3, 0.4) is 0 Å². The fourth-order valence-corrected chi connectivity index (χ4v) is 3.54. The van der Waals surface area contributed by atoms with Gasteiger partial charge >= 0.3 is 0 Å². The van der Waals surface area contributed by atoms with E-state index in [0.29, 0.717) is 25.2 Å². The SMILES string of the molecule is CCNC(=NCc1cccc(OCCN(C)C2CCOCC2)c1)NC1CC1C.I. The predicted octanol–water partition coefficient (Wildman–Crippen LogP) is 3.26. The Bertz CT molecular complexity index is 637. The highest BCUT2D eigenvalue weighted by Gasteiger charge is 2.33. The summed E-state index contributed by atoms with van der Waals surface area (Å²) in [5.74, 6) is 2.57. The van der Waals surface area contributed by atoms with E-state index in [2.05, 4.69) is 48.6 Å². The fraction of sp³-hybridized carbons (Fsp3) is 0.682.